The number of hydrogen-bond acceptors (Lipinski definition) is 5. The molecule has 0 heterocycles. The Kier molecular flexibility index (Phi) is 5.17. The lowest BCUT2D eigenvalue weighted by Gasteiger charge is -2.18. The average Bonchev–Trinajstić information content (AvgIpc) is 2.64. The van der Waals surface area contributed by atoms with E-state index in [9.17, 15) is 9.36 Å². The Morgan fingerprint density at radius 3 is 1.48 bits per heavy atom. The highest BCUT2D eigenvalue weighted by Gasteiger charge is 2.35. The van der Waals surface area contributed by atoms with Crippen LogP contribution in [0, 0.1) is 0 Å². The molecule has 0 aliphatic rings. The summed E-state index contributed by atoms with van der Waals surface area (Å²) in [6.07, 6.45) is 0. The largest absolute Gasteiger partial charge is 0.649 e. The van der Waals surface area contributed by atoms with Crippen LogP contribution in [0.4, 0.5) is 0 Å². The van der Waals surface area contributed by atoms with Crippen LogP contribution >= 0.6 is 7.82 Å². The first-order chi connectivity index (χ1) is 12.1. The molecule has 3 aromatic carbocycles. The Hall–Kier alpha value is -3.04. The fraction of sp³-hybridized carbons (Fsp3) is 0. The van der Waals surface area contributed by atoms with Crippen molar-refractivity contribution in [2.75, 3.05) is 0 Å². The minimum atomic E-state index is -4.23. The Labute approximate surface area is 145 Å². The molecular formula is C19H15O5P. The Balaban J connectivity index is 1.85. The predicted octanol–water partition coefficient (Wildman–Crippen LogP) is 5.11. The summed E-state index contributed by atoms with van der Waals surface area (Å²) in [5.74, 6) is -0.263. The molecule has 0 N–H and O–H groups in total. The van der Waals surface area contributed by atoms with Crippen LogP contribution in [0.2, 0.25) is 0 Å². The average molecular weight is 354 g/mol. The second kappa shape index (κ2) is 7.69. The molecule has 0 bridgehead atoms. The summed E-state index contributed by atoms with van der Waals surface area (Å²) in [7, 11) is -4.23. The minimum absolute atomic E-state index is 0.246. The lowest BCUT2D eigenvalue weighted by molar-refractivity contribution is 0.0688. The highest BCUT2D eigenvalue weighted by Crippen LogP contribution is 2.50. The van der Waals surface area contributed by atoms with Crippen molar-refractivity contribution in [2.45, 2.75) is 0 Å². The molecule has 0 amide bonds. The fourth-order valence-corrected chi connectivity index (χ4v) is 3.19. The van der Waals surface area contributed by atoms with Gasteiger partial charge in [0.2, 0.25) is 0 Å². The summed E-state index contributed by atoms with van der Waals surface area (Å²) in [5, 5.41) is 0. The van der Waals surface area contributed by atoms with Gasteiger partial charge in [0.15, 0.2) is 0 Å². The first kappa shape index (κ1) is 16.8. The van der Waals surface area contributed by atoms with E-state index in [-0.39, 0.29) is 17.1 Å². The van der Waals surface area contributed by atoms with Gasteiger partial charge in [-0.15, -0.1) is 0 Å². The van der Waals surface area contributed by atoms with E-state index in [1.807, 2.05) is 0 Å². The number of hydrogen-bond donors (Lipinski definition) is 0. The molecule has 6 heteroatoms. The van der Waals surface area contributed by atoms with Gasteiger partial charge in [-0.05, 0) is 36.4 Å². The third kappa shape index (κ3) is 4.72. The van der Waals surface area contributed by atoms with Crippen LogP contribution < -0.4 is 9.05 Å². The molecule has 25 heavy (non-hydrogen) atoms. The number of carbonyl (C=O) groups excluding carboxylic acids is 1. The maximum absolute atomic E-state index is 13.0. The van der Waals surface area contributed by atoms with Crippen molar-refractivity contribution in [1.29, 1.82) is 0 Å². The van der Waals surface area contributed by atoms with E-state index in [0.29, 0.717) is 0 Å². The van der Waals surface area contributed by atoms with Gasteiger partial charge in [-0.3, -0.25) is 0 Å². The van der Waals surface area contributed by atoms with Gasteiger partial charge < -0.3 is 13.6 Å². The number of para-hydroxylation sites is 2. The molecule has 0 atom stereocenters. The highest BCUT2D eigenvalue weighted by molar-refractivity contribution is 7.50. The lowest BCUT2D eigenvalue weighted by Crippen LogP contribution is -2.11. The van der Waals surface area contributed by atoms with Crippen molar-refractivity contribution in [3.05, 3.63) is 96.6 Å². The summed E-state index contributed by atoms with van der Waals surface area (Å²) in [6.45, 7) is 0. The lowest BCUT2D eigenvalue weighted by atomic mass is 10.2. The van der Waals surface area contributed by atoms with Crippen LogP contribution in [0.25, 0.3) is 0 Å². The Morgan fingerprint density at radius 2 is 1.04 bits per heavy atom. The number of rotatable bonds is 6. The van der Waals surface area contributed by atoms with E-state index in [1.54, 1.807) is 91.0 Å². The van der Waals surface area contributed by atoms with E-state index in [0.717, 1.165) is 0 Å². The molecule has 0 radical (unpaired) electrons. The van der Waals surface area contributed by atoms with Gasteiger partial charge in [0.1, 0.15) is 11.5 Å². The highest BCUT2D eigenvalue weighted by atomic mass is 31.2. The summed E-state index contributed by atoms with van der Waals surface area (Å²) in [6, 6.07) is 25.0. The van der Waals surface area contributed by atoms with Crippen molar-refractivity contribution in [3.63, 3.8) is 0 Å². The summed E-state index contributed by atoms with van der Waals surface area (Å²) >= 11 is 0. The minimum Gasteiger partial charge on any atom is -0.386 e. The van der Waals surface area contributed by atoms with E-state index < -0.39 is 13.8 Å². The maximum atomic E-state index is 13.0. The molecule has 0 aliphatic heterocycles. The smallest absolute Gasteiger partial charge is 0.386 e. The molecule has 0 aromatic heterocycles. The van der Waals surface area contributed by atoms with E-state index in [1.165, 1.54) is 0 Å². The van der Waals surface area contributed by atoms with Gasteiger partial charge in [-0.25, -0.2) is 4.79 Å². The second-order valence-corrected chi connectivity index (χ2v) is 6.44. The normalized spacial score (nSPS) is 10.7. The predicted molar refractivity (Wildman–Crippen MR) is 93.6 cm³/mol. The zero-order valence-electron chi connectivity index (χ0n) is 13.1. The van der Waals surface area contributed by atoms with E-state index in [4.69, 9.17) is 13.6 Å². The SMILES string of the molecule is O=C(OP(=O)(Oc1ccccc1)Oc1ccccc1)c1ccccc1. The summed E-state index contributed by atoms with van der Waals surface area (Å²) < 4.78 is 28.9. The van der Waals surface area contributed by atoms with Crippen molar-refractivity contribution >= 4 is 13.8 Å². The molecule has 126 valence electrons. The number of phosphoric ester groups is 1. The van der Waals surface area contributed by atoms with Crippen LogP contribution in [0.3, 0.4) is 0 Å². The third-order valence-corrected chi connectivity index (χ3v) is 4.38. The van der Waals surface area contributed by atoms with Gasteiger partial charge in [0.05, 0.1) is 5.56 Å². The van der Waals surface area contributed by atoms with E-state index in [2.05, 4.69) is 0 Å². The van der Waals surface area contributed by atoms with Crippen molar-refractivity contribution in [3.8, 4) is 11.5 Å². The van der Waals surface area contributed by atoms with Crippen molar-refractivity contribution in [2.24, 2.45) is 0 Å². The zero-order chi connectivity index (χ0) is 17.5. The monoisotopic (exact) mass is 354 g/mol. The maximum Gasteiger partial charge on any atom is 0.649 e. The van der Waals surface area contributed by atoms with Crippen LogP contribution in [-0.4, -0.2) is 5.97 Å². The molecule has 0 saturated heterocycles. The number of carbonyl (C=O) groups is 1. The Morgan fingerprint density at radius 1 is 0.640 bits per heavy atom. The molecule has 0 spiro atoms. The molecule has 0 aliphatic carbocycles. The molecule has 5 nitrogen and oxygen atoms in total. The molecule has 3 rings (SSSR count). The Bertz CT molecular complexity index is 821. The van der Waals surface area contributed by atoms with Crippen LogP contribution in [-0.2, 0) is 9.09 Å². The molecule has 0 saturated carbocycles. The molecule has 3 aromatic rings. The quantitative estimate of drug-likeness (QED) is 0.576. The van der Waals surface area contributed by atoms with E-state index >= 15 is 0 Å². The van der Waals surface area contributed by atoms with Gasteiger partial charge in [-0.2, -0.15) is 4.57 Å². The van der Waals surface area contributed by atoms with Crippen molar-refractivity contribution < 1.29 is 22.9 Å². The topological polar surface area (TPSA) is 61.8 Å². The number of phosphoric acid groups is 1. The first-order valence-electron chi connectivity index (χ1n) is 7.53. The zero-order valence-corrected chi connectivity index (χ0v) is 14.0. The second-order valence-electron chi connectivity index (χ2n) is 5.00. The molecular weight excluding hydrogens is 339 g/mol. The summed E-state index contributed by atoms with van der Waals surface area (Å²) in [5.41, 5.74) is 0.246. The first-order valence-corrected chi connectivity index (χ1v) is 8.99. The summed E-state index contributed by atoms with van der Waals surface area (Å²) in [4.78, 5) is 12.3. The third-order valence-electron chi connectivity index (χ3n) is 3.13. The van der Waals surface area contributed by atoms with Gasteiger partial charge in [0, 0.05) is 0 Å². The van der Waals surface area contributed by atoms with Crippen LogP contribution in [0.5, 0.6) is 11.5 Å². The number of benzene rings is 3. The molecule has 0 fully saturated rings. The standard InChI is InChI=1S/C19H15O5P/c20-19(16-10-4-1-5-11-16)24-25(21,22-17-12-6-2-7-13-17)23-18-14-8-3-9-15-18/h1-15H. The van der Waals surface area contributed by atoms with Gasteiger partial charge >= 0.3 is 13.8 Å². The van der Waals surface area contributed by atoms with Crippen LogP contribution in [0.1, 0.15) is 10.4 Å². The van der Waals surface area contributed by atoms with Crippen molar-refractivity contribution in [1.82, 2.24) is 0 Å². The van der Waals surface area contributed by atoms with Gasteiger partial charge in [-0.1, -0.05) is 54.6 Å². The molecule has 0 unspecified atom stereocenters. The van der Waals surface area contributed by atoms with Gasteiger partial charge in [0.25, 0.3) is 0 Å². The fourth-order valence-electron chi connectivity index (χ4n) is 2.01. The van der Waals surface area contributed by atoms with Crippen LogP contribution in [0.15, 0.2) is 91.0 Å².